The van der Waals surface area contributed by atoms with Crippen LogP contribution in [-0.4, -0.2) is 36.7 Å². The zero-order valence-electron chi connectivity index (χ0n) is 16.3. The van der Waals surface area contributed by atoms with Crippen LogP contribution in [0.2, 0.25) is 0 Å². The molecule has 1 amide bonds. The Kier molecular flexibility index (Phi) is 8.43. The smallest absolute Gasteiger partial charge is 0.303 e. The average Bonchev–Trinajstić information content (AvgIpc) is 2.65. The first-order valence-corrected chi connectivity index (χ1v) is 9.78. The molecule has 0 aliphatic heterocycles. The van der Waals surface area contributed by atoms with Crippen molar-refractivity contribution in [3.8, 4) is 11.5 Å². The lowest BCUT2D eigenvalue weighted by Gasteiger charge is -2.26. The van der Waals surface area contributed by atoms with E-state index in [2.05, 4.69) is 12.2 Å². The van der Waals surface area contributed by atoms with E-state index in [1.165, 1.54) is 12.8 Å². The molecule has 1 saturated carbocycles. The summed E-state index contributed by atoms with van der Waals surface area (Å²) >= 11 is 0. The Morgan fingerprint density at radius 2 is 1.89 bits per heavy atom. The van der Waals surface area contributed by atoms with E-state index in [9.17, 15) is 9.59 Å². The summed E-state index contributed by atoms with van der Waals surface area (Å²) in [6.45, 7) is 2.59. The van der Waals surface area contributed by atoms with Crippen molar-refractivity contribution in [2.24, 2.45) is 5.92 Å². The molecule has 1 fully saturated rings. The molecule has 1 aromatic carbocycles. The summed E-state index contributed by atoms with van der Waals surface area (Å²) in [6, 6.07) is 5.94. The second kappa shape index (κ2) is 10.8. The van der Waals surface area contributed by atoms with Gasteiger partial charge in [0.05, 0.1) is 13.7 Å². The van der Waals surface area contributed by atoms with Gasteiger partial charge >= 0.3 is 5.97 Å². The largest absolute Gasteiger partial charge is 0.493 e. The average molecular weight is 377 g/mol. The van der Waals surface area contributed by atoms with Gasteiger partial charge in [0.1, 0.15) is 0 Å². The maximum Gasteiger partial charge on any atom is 0.303 e. The number of rotatable bonds is 10. The van der Waals surface area contributed by atoms with E-state index in [1.54, 1.807) is 7.11 Å². The Labute approximate surface area is 161 Å². The first-order valence-electron chi connectivity index (χ1n) is 9.78. The lowest BCUT2D eigenvalue weighted by Crippen LogP contribution is -2.37. The van der Waals surface area contributed by atoms with Gasteiger partial charge in [0.2, 0.25) is 5.91 Å². The standard InChI is InChI=1S/C21H31NO5/c1-15-5-9-17(10-6-15)22-20(23)12-8-16-7-11-18(19(14-16)26-2)27-13-3-4-21(24)25/h7,11,14-15,17H,3-6,8-10,12-13H2,1-2H3,(H,22,23)(H,24,25). The molecule has 2 N–H and O–H groups in total. The summed E-state index contributed by atoms with van der Waals surface area (Å²) in [6.07, 6.45) is 6.16. The molecule has 0 spiro atoms. The van der Waals surface area contributed by atoms with E-state index in [1.807, 2.05) is 18.2 Å². The third-order valence-electron chi connectivity index (χ3n) is 5.04. The minimum atomic E-state index is -0.832. The van der Waals surface area contributed by atoms with Crippen LogP contribution >= 0.6 is 0 Å². The Morgan fingerprint density at radius 1 is 1.15 bits per heavy atom. The van der Waals surface area contributed by atoms with Crippen molar-refractivity contribution in [2.45, 2.75) is 64.3 Å². The number of carboxylic acids is 1. The number of aryl methyl sites for hydroxylation is 1. The van der Waals surface area contributed by atoms with Crippen LogP contribution in [0.15, 0.2) is 18.2 Å². The zero-order chi connectivity index (χ0) is 19.6. The third kappa shape index (κ3) is 7.49. The normalized spacial score (nSPS) is 19.3. The number of aliphatic carboxylic acids is 1. The summed E-state index contributed by atoms with van der Waals surface area (Å²) in [5.74, 6) is 1.23. The predicted octanol–water partition coefficient (Wildman–Crippen LogP) is 3.57. The third-order valence-corrected chi connectivity index (χ3v) is 5.04. The Balaban J connectivity index is 1.78. The molecule has 0 unspecified atom stereocenters. The molecule has 1 aromatic rings. The van der Waals surface area contributed by atoms with Gasteiger partial charge in [-0.15, -0.1) is 0 Å². The monoisotopic (exact) mass is 377 g/mol. The van der Waals surface area contributed by atoms with Gasteiger partial charge < -0.3 is 19.9 Å². The van der Waals surface area contributed by atoms with E-state index in [0.29, 0.717) is 43.4 Å². The van der Waals surface area contributed by atoms with Crippen molar-refractivity contribution >= 4 is 11.9 Å². The van der Waals surface area contributed by atoms with Gasteiger partial charge in [-0.1, -0.05) is 13.0 Å². The molecule has 0 atom stereocenters. The van der Waals surface area contributed by atoms with Crippen LogP contribution in [0.5, 0.6) is 11.5 Å². The van der Waals surface area contributed by atoms with Crippen LogP contribution in [0.1, 0.15) is 57.4 Å². The highest BCUT2D eigenvalue weighted by molar-refractivity contribution is 5.76. The van der Waals surface area contributed by atoms with Gasteiger partial charge in [-0.3, -0.25) is 9.59 Å². The molecule has 6 heteroatoms. The van der Waals surface area contributed by atoms with E-state index in [0.717, 1.165) is 24.3 Å². The summed E-state index contributed by atoms with van der Waals surface area (Å²) in [5.41, 5.74) is 1.01. The fourth-order valence-corrected chi connectivity index (χ4v) is 3.35. The molecule has 1 aliphatic rings. The number of carbonyl (C=O) groups excluding carboxylic acids is 1. The van der Waals surface area contributed by atoms with Crippen LogP contribution in [0.25, 0.3) is 0 Å². The lowest BCUT2D eigenvalue weighted by atomic mass is 9.87. The van der Waals surface area contributed by atoms with Crippen molar-refractivity contribution < 1.29 is 24.2 Å². The minimum Gasteiger partial charge on any atom is -0.493 e. The van der Waals surface area contributed by atoms with Crippen LogP contribution in [0, 0.1) is 5.92 Å². The van der Waals surface area contributed by atoms with Gasteiger partial charge in [0.15, 0.2) is 11.5 Å². The highest BCUT2D eigenvalue weighted by atomic mass is 16.5. The molecule has 1 aliphatic carbocycles. The fourth-order valence-electron chi connectivity index (χ4n) is 3.35. The van der Waals surface area contributed by atoms with Crippen LogP contribution < -0.4 is 14.8 Å². The molecule has 0 heterocycles. The first-order chi connectivity index (χ1) is 13.0. The number of methoxy groups -OCH3 is 1. The molecular formula is C21H31NO5. The van der Waals surface area contributed by atoms with Crippen molar-refractivity contribution in [3.63, 3.8) is 0 Å². The van der Waals surface area contributed by atoms with E-state index in [4.69, 9.17) is 14.6 Å². The van der Waals surface area contributed by atoms with Gasteiger partial charge in [-0.25, -0.2) is 0 Å². The SMILES string of the molecule is COc1cc(CCC(=O)NC2CCC(C)CC2)ccc1OCCCC(=O)O. The van der Waals surface area contributed by atoms with Crippen molar-refractivity contribution in [1.82, 2.24) is 5.32 Å². The van der Waals surface area contributed by atoms with E-state index >= 15 is 0 Å². The molecule has 6 nitrogen and oxygen atoms in total. The maximum absolute atomic E-state index is 12.2. The van der Waals surface area contributed by atoms with Gasteiger partial charge in [-0.05, 0) is 62.1 Å². The Hall–Kier alpha value is -2.24. The summed E-state index contributed by atoms with van der Waals surface area (Å²) in [5, 5.41) is 11.8. The van der Waals surface area contributed by atoms with Crippen LogP contribution in [-0.2, 0) is 16.0 Å². The quantitative estimate of drug-likeness (QED) is 0.609. The molecule has 27 heavy (non-hydrogen) atoms. The minimum absolute atomic E-state index is 0.0788. The highest BCUT2D eigenvalue weighted by Crippen LogP contribution is 2.29. The maximum atomic E-state index is 12.2. The molecule has 0 radical (unpaired) electrons. The lowest BCUT2D eigenvalue weighted by molar-refractivity contribution is -0.137. The molecule has 150 valence electrons. The van der Waals surface area contributed by atoms with Crippen molar-refractivity contribution in [3.05, 3.63) is 23.8 Å². The van der Waals surface area contributed by atoms with Gasteiger partial charge in [-0.2, -0.15) is 0 Å². The van der Waals surface area contributed by atoms with Crippen LogP contribution in [0.4, 0.5) is 0 Å². The van der Waals surface area contributed by atoms with Crippen molar-refractivity contribution in [2.75, 3.05) is 13.7 Å². The highest BCUT2D eigenvalue weighted by Gasteiger charge is 2.19. The fraction of sp³-hybridized carbons (Fsp3) is 0.619. The Morgan fingerprint density at radius 3 is 2.56 bits per heavy atom. The molecular weight excluding hydrogens is 346 g/mol. The van der Waals surface area contributed by atoms with Gasteiger partial charge in [0, 0.05) is 18.9 Å². The van der Waals surface area contributed by atoms with E-state index < -0.39 is 5.97 Å². The number of benzene rings is 1. The summed E-state index contributed by atoms with van der Waals surface area (Å²) in [7, 11) is 1.57. The number of carbonyl (C=O) groups is 2. The predicted molar refractivity (Wildman–Crippen MR) is 103 cm³/mol. The second-order valence-electron chi connectivity index (χ2n) is 7.36. The Bertz CT molecular complexity index is 623. The van der Waals surface area contributed by atoms with Crippen LogP contribution in [0.3, 0.4) is 0 Å². The zero-order valence-corrected chi connectivity index (χ0v) is 16.3. The summed E-state index contributed by atoms with van der Waals surface area (Å²) < 4.78 is 11.0. The molecule has 2 rings (SSSR count). The number of hydrogen-bond acceptors (Lipinski definition) is 4. The second-order valence-corrected chi connectivity index (χ2v) is 7.36. The van der Waals surface area contributed by atoms with Gasteiger partial charge in [0.25, 0.3) is 0 Å². The molecule has 0 saturated heterocycles. The molecule has 0 aromatic heterocycles. The van der Waals surface area contributed by atoms with E-state index in [-0.39, 0.29) is 12.3 Å². The summed E-state index contributed by atoms with van der Waals surface area (Å²) in [4.78, 5) is 22.7. The van der Waals surface area contributed by atoms with Crippen molar-refractivity contribution in [1.29, 1.82) is 0 Å². The molecule has 0 bridgehead atoms. The number of nitrogens with one attached hydrogen (secondary N) is 1. The number of ether oxygens (including phenoxy) is 2. The number of amides is 1. The number of hydrogen-bond donors (Lipinski definition) is 2. The topological polar surface area (TPSA) is 84.9 Å². The number of carboxylic acid groups (broad SMARTS) is 1. The first kappa shape index (κ1) is 21.1.